The molecule has 0 aliphatic carbocycles. The van der Waals surface area contributed by atoms with Crippen molar-refractivity contribution < 1.29 is 13.9 Å². The third-order valence-electron chi connectivity index (χ3n) is 3.03. The van der Waals surface area contributed by atoms with Crippen LogP contribution in [0.1, 0.15) is 19.4 Å². The van der Waals surface area contributed by atoms with Gasteiger partial charge in [-0.3, -0.25) is 0 Å². The summed E-state index contributed by atoms with van der Waals surface area (Å²) in [5.74, 6) is -0.462. The van der Waals surface area contributed by atoms with Gasteiger partial charge < -0.3 is 10.5 Å². The van der Waals surface area contributed by atoms with Crippen molar-refractivity contribution in [3.05, 3.63) is 59.9 Å². The SMILES string of the molecule is CC(C)(OC(N)=O)c1ccccc1N=Nc1ccccc1F. The molecule has 0 bridgehead atoms. The van der Waals surface area contributed by atoms with Crippen LogP contribution in [0.4, 0.5) is 20.6 Å². The number of primary amides is 1. The van der Waals surface area contributed by atoms with Gasteiger partial charge in [0, 0.05) is 5.56 Å². The Labute approximate surface area is 127 Å². The molecule has 6 heteroatoms. The highest BCUT2D eigenvalue weighted by Gasteiger charge is 2.27. The van der Waals surface area contributed by atoms with Crippen molar-refractivity contribution in [3.8, 4) is 0 Å². The van der Waals surface area contributed by atoms with Gasteiger partial charge in [0.1, 0.15) is 11.3 Å². The number of rotatable bonds is 4. The molecule has 2 rings (SSSR count). The maximum atomic E-state index is 13.6. The standard InChI is InChI=1S/C16H16FN3O2/c1-16(2,22-15(18)21)11-7-3-5-9-13(11)19-20-14-10-6-4-8-12(14)17/h3-10H,1-2H3,(H2,18,21). The van der Waals surface area contributed by atoms with Crippen molar-refractivity contribution in [2.75, 3.05) is 0 Å². The van der Waals surface area contributed by atoms with E-state index in [0.717, 1.165) is 0 Å². The minimum Gasteiger partial charge on any atom is -0.439 e. The van der Waals surface area contributed by atoms with Gasteiger partial charge in [-0.15, -0.1) is 5.11 Å². The normalized spacial score (nSPS) is 11.6. The summed E-state index contributed by atoms with van der Waals surface area (Å²) in [6.07, 6.45) is -0.883. The van der Waals surface area contributed by atoms with Gasteiger partial charge >= 0.3 is 6.09 Å². The van der Waals surface area contributed by atoms with Gasteiger partial charge in [0.25, 0.3) is 0 Å². The average molecular weight is 301 g/mol. The Hall–Kier alpha value is -2.76. The monoisotopic (exact) mass is 301 g/mol. The lowest BCUT2D eigenvalue weighted by Gasteiger charge is -2.25. The lowest BCUT2D eigenvalue weighted by Crippen LogP contribution is -2.28. The van der Waals surface area contributed by atoms with E-state index < -0.39 is 17.5 Å². The number of nitrogens with zero attached hydrogens (tertiary/aromatic N) is 2. The second kappa shape index (κ2) is 6.34. The van der Waals surface area contributed by atoms with Crippen LogP contribution in [0, 0.1) is 5.82 Å². The van der Waals surface area contributed by atoms with E-state index in [1.807, 2.05) is 0 Å². The van der Waals surface area contributed by atoms with Crippen molar-refractivity contribution in [2.45, 2.75) is 19.4 Å². The fraction of sp³-hybridized carbons (Fsp3) is 0.188. The Bertz CT molecular complexity index is 714. The fourth-order valence-electron chi connectivity index (χ4n) is 2.02. The summed E-state index contributed by atoms with van der Waals surface area (Å²) in [6.45, 7) is 3.38. The Morgan fingerprint density at radius 3 is 2.23 bits per heavy atom. The molecule has 2 aromatic rings. The van der Waals surface area contributed by atoms with Crippen molar-refractivity contribution in [1.29, 1.82) is 0 Å². The molecule has 0 saturated heterocycles. The van der Waals surface area contributed by atoms with Crippen molar-refractivity contribution in [1.82, 2.24) is 0 Å². The van der Waals surface area contributed by atoms with E-state index in [9.17, 15) is 9.18 Å². The number of azo groups is 1. The maximum Gasteiger partial charge on any atom is 0.405 e. The van der Waals surface area contributed by atoms with E-state index in [-0.39, 0.29) is 5.69 Å². The number of ether oxygens (including phenoxy) is 1. The Kier molecular flexibility index (Phi) is 4.50. The van der Waals surface area contributed by atoms with E-state index in [1.54, 1.807) is 50.2 Å². The minimum absolute atomic E-state index is 0.130. The first-order chi connectivity index (χ1) is 10.4. The Morgan fingerprint density at radius 1 is 1.05 bits per heavy atom. The number of carbonyl (C=O) groups excluding carboxylic acids is 1. The largest absolute Gasteiger partial charge is 0.439 e. The van der Waals surface area contributed by atoms with Crippen molar-refractivity contribution >= 4 is 17.5 Å². The smallest absolute Gasteiger partial charge is 0.405 e. The molecule has 0 aliphatic heterocycles. The molecular weight excluding hydrogens is 285 g/mol. The van der Waals surface area contributed by atoms with Crippen LogP contribution in [-0.4, -0.2) is 6.09 Å². The van der Waals surface area contributed by atoms with Crippen LogP contribution in [0.3, 0.4) is 0 Å². The minimum atomic E-state index is -0.976. The summed E-state index contributed by atoms with van der Waals surface area (Å²) in [4.78, 5) is 11.0. The van der Waals surface area contributed by atoms with Gasteiger partial charge in [0.15, 0.2) is 5.82 Å². The van der Waals surface area contributed by atoms with Crippen LogP contribution in [0.15, 0.2) is 58.8 Å². The molecule has 0 spiro atoms. The van der Waals surface area contributed by atoms with Gasteiger partial charge in [0.05, 0.1) is 5.69 Å². The average Bonchev–Trinajstić information content (AvgIpc) is 2.45. The first kappa shape index (κ1) is 15.6. The second-order valence-corrected chi connectivity index (χ2v) is 5.10. The Balaban J connectivity index is 2.37. The van der Waals surface area contributed by atoms with Gasteiger partial charge in [-0.05, 0) is 32.0 Å². The van der Waals surface area contributed by atoms with Crippen LogP contribution in [0.25, 0.3) is 0 Å². The highest BCUT2D eigenvalue weighted by atomic mass is 19.1. The number of hydrogen-bond donors (Lipinski definition) is 1. The molecule has 1 amide bonds. The van der Waals surface area contributed by atoms with Crippen LogP contribution in [0.2, 0.25) is 0 Å². The van der Waals surface area contributed by atoms with E-state index in [4.69, 9.17) is 10.5 Å². The van der Waals surface area contributed by atoms with Gasteiger partial charge in [-0.1, -0.05) is 30.3 Å². The molecular formula is C16H16FN3O2. The Morgan fingerprint density at radius 2 is 1.59 bits per heavy atom. The number of benzene rings is 2. The molecule has 0 heterocycles. The number of hydrogen-bond acceptors (Lipinski definition) is 4. The molecule has 114 valence electrons. The zero-order valence-electron chi connectivity index (χ0n) is 12.3. The first-order valence-electron chi connectivity index (χ1n) is 6.64. The number of halogens is 1. The lowest BCUT2D eigenvalue weighted by molar-refractivity contribution is 0.0437. The molecule has 0 radical (unpaired) electrons. The molecule has 5 nitrogen and oxygen atoms in total. The maximum absolute atomic E-state index is 13.6. The molecule has 2 aromatic carbocycles. The predicted molar refractivity (Wildman–Crippen MR) is 80.7 cm³/mol. The molecule has 22 heavy (non-hydrogen) atoms. The first-order valence-corrected chi connectivity index (χ1v) is 6.64. The molecule has 0 unspecified atom stereocenters. The highest BCUT2D eigenvalue weighted by Crippen LogP contribution is 2.33. The quantitative estimate of drug-likeness (QED) is 0.839. The highest BCUT2D eigenvalue weighted by molar-refractivity contribution is 5.66. The molecule has 2 N–H and O–H groups in total. The molecule has 0 aliphatic rings. The summed E-state index contributed by atoms with van der Waals surface area (Å²) in [5.41, 5.74) is 5.33. The summed E-state index contributed by atoms with van der Waals surface area (Å²) in [5, 5.41) is 7.97. The fourth-order valence-corrected chi connectivity index (χ4v) is 2.02. The summed E-state index contributed by atoms with van der Waals surface area (Å²) >= 11 is 0. The van der Waals surface area contributed by atoms with E-state index >= 15 is 0 Å². The summed E-state index contributed by atoms with van der Waals surface area (Å²) in [7, 11) is 0. The van der Waals surface area contributed by atoms with Gasteiger partial charge in [-0.2, -0.15) is 5.11 Å². The molecule has 0 saturated carbocycles. The van der Waals surface area contributed by atoms with Crippen LogP contribution >= 0.6 is 0 Å². The number of nitrogens with two attached hydrogens (primary N) is 1. The summed E-state index contributed by atoms with van der Waals surface area (Å²) in [6, 6.07) is 13.1. The van der Waals surface area contributed by atoms with E-state index in [0.29, 0.717) is 11.3 Å². The van der Waals surface area contributed by atoms with Crippen molar-refractivity contribution in [3.63, 3.8) is 0 Å². The zero-order chi connectivity index (χ0) is 16.2. The molecule has 0 aromatic heterocycles. The molecule has 0 fully saturated rings. The van der Waals surface area contributed by atoms with E-state index in [1.165, 1.54) is 12.1 Å². The third-order valence-corrected chi connectivity index (χ3v) is 3.03. The number of carbonyl (C=O) groups is 1. The lowest BCUT2D eigenvalue weighted by atomic mass is 9.96. The van der Waals surface area contributed by atoms with Crippen LogP contribution in [0.5, 0.6) is 0 Å². The second-order valence-electron chi connectivity index (χ2n) is 5.10. The van der Waals surface area contributed by atoms with Gasteiger partial charge in [0.2, 0.25) is 0 Å². The number of amides is 1. The van der Waals surface area contributed by atoms with E-state index in [2.05, 4.69) is 10.2 Å². The molecule has 0 atom stereocenters. The predicted octanol–water partition coefficient (Wildman–Crippen LogP) is 4.57. The summed E-state index contributed by atoms with van der Waals surface area (Å²) < 4.78 is 18.7. The van der Waals surface area contributed by atoms with Crippen LogP contribution in [-0.2, 0) is 10.3 Å². The van der Waals surface area contributed by atoms with Crippen molar-refractivity contribution in [2.24, 2.45) is 16.0 Å². The third kappa shape index (κ3) is 3.66. The topological polar surface area (TPSA) is 77.0 Å². The van der Waals surface area contributed by atoms with Crippen LogP contribution < -0.4 is 5.73 Å². The van der Waals surface area contributed by atoms with Gasteiger partial charge in [-0.25, -0.2) is 9.18 Å². The zero-order valence-corrected chi connectivity index (χ0v) is 12.3.